The van der Waals surface area contributed by atoms with Gasteiger partial charge in [0.05, 0.1) is 0 Å². The highest BCUT2D eigenvalue weighted by Gasteiger charge is 2.23. The van der Waals surface area contributed by atoms with E-state index < -0.39 is 0 Å². The van der Waals surface area contributed by atoms with Gasteiger partial charge in [-0.3, -0.25) is 4.79 Å². The molecule has 110 valence electrons. The number of hydrogen-bond donors (Lipinski definition) is 1. The lowest BCUT2D eigenvalue weighted by molar-refractivity contribution is 0.102. The average molecular weight is 304 g/mol. The molecule has 0 saturated heterocycles. The monoisotopic (exact) mass is 304 g/mol. The van der Waals surface area contributed by atoms with Gasteiger partial charge in [0.15, 0.2) is 11.5 Å². The standard InChI is InChI=1S/C15H16N2O3S/c1-17(2)11-5-3-10(4-6-11)16-15(18)14-13-12(9-21-14)19-7-8-20-13/h3-6,9H,7-8H2,1-2H3,(H,16,18). The van der Waals surface area contributed by atoms with E-state index in [4.69, 9.17) is 9.47 Å². The molecule has 1 amide bonds. The second-order valence-electron chi connectivity index (χ2n) is 4.85. The van der Waals surface area contributed by atoms with Gasteiger partial charge >= 0.3 is 0 Å². The van der Waals surface area contributed by atoms with Crippen LogP contribution in [0.4, 0.5) is 11.4 Å². The maximum atomic E-state index is 12.3. The third kappa shape index (κ3) is 2.80. The molecule has 21 heavy (non-hydrogen) atoms. The van der Waals surface area contributed by atoms with Crippen LogP contribution in [0.3, 0.4) is 0 Å². The SMILES string of the molecule is CN(C)c1ccc(NC(=O)c2scc3c2OCCO3)cc1. The van der Waals surface area contributed by atoms with Crippen LogP contribution in [-0.4, -0.2) is 33.2 Å². The lowest BCUT2D eigenvalue weighted by Gasteiger charge is -2.16. The number of carbonyl (C=O) groups is 1. The van der Waals surface area contributed by atoms with Gasteiger partial charge in [-0.15, -0.1) is 11.3 Å². The molecule has 0 aliphatic carbocycles. The lowest BCUT2D eigenvalue weighted by atomic mass is 10.2. The third-order valence-electron chi connectivity index (χ3n) is 3.15. The van der Waals surface area contributed by atoms with E-state index in [1.807, 2.05) is 43.3 Å². The molecule has 1 N–H and O–H groups in total. The molecule has 0 spiro atoms. The molecule has 2 heterocycles. The normalized spacial score (nSPS) is 12.9. The maximum absolute atomic E-state index is 12.3. The van der Waals surface area contributed by atoms with Crippen molar-refractivity contribution in [2.45, 2.75) is 0 Å². The van der Waals surface area contributed by atoms with E-state index in [-0.39, 0.29) is 5.91 Å². The van der Waals surface area contributed by atoms with Crippen LogP contribution >= 0.6 is 11.3 Å². The van der Waals surface area contributed by atoms with Crippen molar-refractivity contribution in [1.29, 1.82) is 0 Å². The lowest BCUT2D eigenvalue weighted by Crippen LogP contribution is -2.17. The number of nitrogens with one attached hydrogen (secondary N) is 1. The minimum Gasteiger partial charge on any atom is -0.485 e. The molecular weight excluding hydrogens is 288 g/mol. The van der Waals surface area contributed by atoms with Crippen LogP contribution in [0.2, 0.25) is 0 Å². The number of hydrogen-bond acceptors (Lipinski definition) is 5. The highest BCUT2D eigenvalue weighted by Crippen LogP contribution is 2.39. The van der Waals surface area contributed by atoms with E-state index in [9.17, 15) is 4.79 Å². The van der Waals surface area contributed by atoms with Crippen LogP contribution in [0.15, 0.2) is 29.6 Å². The molecule has 1 aromatic carbocycles. The molecule has 5 nitrogen and oxygen atoms in total. The predicted molar refractivity (Wildman–Crippen MR) is 84.0 cm³/mol. The van der Waals surface area contributed by atoms with Crippen LogP contribution in [0.25, 0.3) is 0 Å². The second-order valence-corrected chi connectivity index (χ2v) is 5.73. The molecule has 0 bridgehead atoms. The molecule has 2 aromatic rings. The summed E-state index contributed by atoms with van der Waals surface area (Å²) in [5.41, 5.74) is 1.84. The number of carbonyl (C=O) groups excluding carboxylic acids is 1. The second kappa shape index (κ2) is 5.65. The maximum Gasteiger partial charge on any atom is 0.269 e. The summed E-state index contributed by atoms with van der Waals surface area (Å²) in [6.45, 7) is 0.998. The molecule has 0 unspecified atom stereocenters. The number of anilines is 2. The van der Waals surface area contributed by atoms with Crippen LogP contribution in [0.5, 0.6) is 11.5 Å². The first kappa shape index (κ1) is 13.8. The van der Waals surface area contributed by atoms with E-state index in [0.717, 1.165) is 11.4 Å². The summed E-state index contributed by atoms with van der Waals surface area (Å²) in [4.78, 5) is 14.9. The van der Waals surface area contributed by atoms with Crippen molar-refractivity contribution in [1.82, 2.24) is 0 Å². The number of benzene rings is 1. The Bertz CT molecular complexity index is 649. The van der Waals surface area contributed by atoms with E-state index in [1.165, 1.54) is 11.3 Å². The van der Waals surface area contributed by atoms with Crippen molar-refractivity contribution < 1.29 is 14.3 Å². The van der Waals surface area contributed by atoms with Crippen LogP contribution in [0.1, 0.15) is 9.67 Å². The van der Waals surface area contributed by atoms with Gasteiger partial charge < -0.3 is 19.7 Å². The van der Waals surface area contributed by atoms with Crippen LogP contribution in [-0.2, 0) is 0 Å². The Morgan fingerprint density at radius 1 is 1.19 bits per heavy atom. The van der Waals surface area contributed by atoms with Crippen molar-refractivity contribution >= 4 is 28.6 Å². The zero-order valence-electron chi connectivity index (χ0n) is 11.9. The highest BCUT2D eigenvalue weighted by atomic mass is 32.1. The van der Waals surface area contributed by atoms with Crippen LogP contribution in [0, 0.1) is 0 Å². The molecule has 0 fully saturated rings. The summed E-state index contributed by atoms with van der Waals surface area (Å²) >= 11 is 1.33. The summed E-state index contributed by atoms with van der Waals surface area (Å²) in [6, 6.07) is 7.67. The minimum atomic E-state index is -0.177. The van der Waals surface area contributed by atoms with Gasteiger partial charge in [0.25, 0.3) is 5.91 Å². The summed E-state index contributed by atoms with van der Waals surface area (Å²) in [6.07, 6.45) is 0. The molecule has 3 rings (SSSR count). The van der Waals surface area contributed by atoms with Crippen molar-refractivity contribution in [3.05, 3.63) is 34.5 Å². The minimum absolute atomic E-state index is 0.177. The van der Waals surface area contributed by atoms with Crippen molar-refractivity contribution in [2.24, 2.45) is 0 Å². The Balaban J connectivity index is 1.75. The number of nitrogens with zero attached hydrogens (tertiary/aromatic N) is 1. The van der Waals surface area contributed by atoms with Crippen molar-refractivity contribution in [3.63, 3.8) is 0 Å². The Morgan fingerprint density at radius 2 is 1.90 bits per heavy atom. The summed E-state index contributed by atoms with van der Waals surface area (Å²) in [5.74, 6) is 1.03. The van der Waals surface area contributed by atoms with Crippen molar-refractivity contribution in [3.8, 4) is 11.5 Å². The largest absolute Gasteiger partial charge is 0.485 e. The summed E-state index contributed by atoms with van der Waals surface area (Å²) in [7, 11) is 3.95. The number of thiophene rings is 1. The van der Waals surface area contributed by atoms with E-state index in [1.54, 1.807) is 5.38 Å². The quantitative estimate of drug-likeness (QED) is 0.947. The van der Waals surface area contributed by atoms with Gasteiger partial charge in [0.2, 0.25) is 0 Å². The van der Waals surface area contributed by atoms with Gasteiger partial charge in [-0.2, -0.15) is 0 Å². The molecular formula is C15H16N2O3S. The molecule has 0 atom stereocenters. The van der Waals surface area contributed by atoms with Gasteiger partial charge in [0.1, 0.15) is 18.1 Å². The molecule has 1 aliphatic heterocycles. The first-order valence-electron chi connectivity index (χ1n) is 6.61. The van der Waals surface area contributed by atoms with Gasteiger partial charge in [-0.05, 0) is 24.3 Å². The third-order valence-corrected chi connectivity index (χ3v) is 4.09. The first-order chi connectivity index (χ1) is 10.1. The Labute approximate surface area is 127 Å². The Morgan fingerprint density at radius 3 is 2.62 bits per heavy atom. The van der Waals surface area contributed by atoms with Gasteiger partial charge in [0, 0.05) is 30.9 Å². The fourth-order valence-corrected chi connectivity index (χ4v) is 2.87. The number of rotatable bonds is 3. The Kier molecular flexibility index (Phi) is 3.70. The zero-order valence-corrected chi connectivity index (χ0v) is 12.7. The molecule has 1 aliphatic rings. The first-order valence-corrected chi connectivity index (χ1v) is 7.49. The smallest absolute Gasteiger partial charge is 0.269 e. The average Bonchev–Trinajstić information content (AvgIpc) is 2.92. The molecule has 6 heteroatoms. The zero-order chi connectivity index (χ0) is 14.8. The number of ether oxygens (including phenoxy) is 2. The van der Waals surface area contributed by atoms with Crippen molar-refractivity contribution in [2.75, 3.05) is 37.5 Å². The summed E-state index contributed by atoms with van der Waals surface area (Å²) < 4.78 is 11.0. The molecule has 0 radical (unpaired) electrons. The van der Waals surface area contributed by atoms with Crippen LogP contribution < -0.4 is 19.7 Å². The number of fused-ring (bicyclic) bond motifs is 1. The Hall–Kier alpha value is -2.21. The van der Waals surface area contributed by atoms with E-state index >= 15 is 0 Å². The van der Waals surface area contributed by atoms with E-state index in [0.29, 0.717) is 29.6 Å². The fourth-order valence-electron chi connectivity index (χ4n) is 2.05. The van der Waals surface area contributed by atoms with Gasteiger partial charge in [-0.25, -0.2) is 0 Å². The molecule has 1 aromatic heterocycles. The highest BCUT2D eigenvalue weighted by molar-refractivity contribution is 7.13. The topological polar surface area (TPSA) is 50.8 Å². The number of amides is 1. The van der Waals surface area contributed by atoms with E-state index in [2.05, 4.69) is 5.32 Å². The predicted octanol–water partition coefficient (Wildman–Crippen LogP) is 2.84. The fraction of sp³-hybridized carbons (Fsp3) is 0.267. The molecule has 0 saturated carbocycles. The summed E-state index contributed by atoms with van der Waals surface area (Å²) in [5, 5.41) is 4.68. The van der Waals surface area contributed by atoms with Gasteiger partial charge in [-0.1, -0.05) is 0 Å².